The number of hydrogen-bond acceptors (Lipinski definition) is 3. The molecule has 142 valence electrons. The number of aromatic nitrogens is 1. The molecule has 1 unspecified atom stereocenters. The first-order valence-corrected chi connectivity index (χ1v) is 9.15. The Morgan fingerprint density at radius 3 is 2.27 bits per heavy atom. The van der Waals surface area contributed by atoms with Gasteiger partial charge in [0.25, 0.3) is 5.56 Å². The molecular formula is C18H20ClF3N2OS. The maximum absolute atomic E-state index is 13.8. The molecule has 1 heterocycles. The summed E-state index contributed by atoms with van der Waals surface area (Å²) in [6.07, 6.45) is -2.88. The van der Waals surface area contributed by atoms with Gasteiger partial charge in [0.05, 0.1) is 0 Å². The summed E-state index contributed by atoms with van der Waals surface area (Å²) in [6.45, 7) is 5.26. The highest BCUT2D eigenvalue weighted by Crippen LogP contribution is 2.43. The first kappa shape index (κ1) is 20.9. The smallest absolute Gasteiger partial charge is 0.317 e. The SMILES string of the molecule is CCN(Sc1cn(C)c(=O)c(C)c1C)C(c1ccc(Cl)cc1)C(F)(F)F. The largest absolute Gasteiger partial charge is 0.408 e. The number of rotatable bonds is 5. The Labute approximate surface area is 159 Å². The van der Waals surface area contributed by atoms with E-state index in [-0.39, 0.29) is 17.7 Å². The lowest BCUT2D eigenvalue weighted by Crippen LogP contribution is -2.34. The molecule has 1 aromatic heterocycles. The third-order valence-electron chi connectivity index (χ3n) is 4.20. The summed E-state index contributed by atoms with van der Waals surface area (Å²) in [5, 5.41) is 0.384. The van der Waals surface area contributed by atoms with Crippen LogP contribution in [0.2, 0.25) is 5.02 Å². The third kappa shape index (κ3) is 4.45. The van der Waals surface area contributed by atoms with Crippen molar-refractivity contribution in [1.82, 2.24) is 8.87 Å². The molecular weight excluding hydrogens is 385 g/mol. The van der Waals surface area contributed by atoms with Crippen LogP contribution < -0.4 is 5.56 Å². The van der Waals surface area contributed by atoms with E-state index in [0.717, 1.165) is 11.9 Å². The van der Waals surface area contributed by atoms with Crippen LogP contribution in [0.5, 0.6) is 0 Å². The van der Waals surface area contributed by atoms with Crippen LogP contribution in [0.1, 0.15) is 29.7 Å². The van der Waals surface area contributed by atoms with Gasteiger partial charge in [-0.25, -0.2) is 4.31 Å². The molecule has 3 nitrogen and oxygen atoms in total. The Bertz CT molecular complexity index is 834. The van der Waals surface area contributed by atoms with Crippen molar-refractivity contribution in [2.24, 2.45) is 7.05 Å². The molecule has 0 saturated heterocycles. The zero-order valence-corrected chi connectivity index (χ0v) is 16.5. The second-order valence-electron chi connectivity index (χ2n) is 5.98. The summed E-state index contributed by atoms with van der Waals surface area (Å²) in [5.74, 6) is 0. The molecule has 2 rings (SSSR count). The van der Waals surface area contributed by atoms with Crippen molar-refractivity contribution in [3.8, 4) is 0 Å². The van der Waals surface area contributed by atoms with Gasteiger partial charge in [-0.3, -0.25) is 4.79 Å². The number of hydrogen-bond donors (Lipinski definition) is 0. The lowest BCUT2D eigenvalue weighted by atomic mass is 10.1. The van der Waals surface area contributed by atoms with Crippen molar-refractivity contribution in [2.45, 2.75) is 37.9 Å². The van der Waals surface area contributed by atoms with Crippen molar-refractivity contribution >= 4 is 23.5 Å². The van der Waals surface area contributed by atoms with Gasteiger partial charge in [0.2, 0.25) is 0 Å². The zero-order chi connectivity index (χ0) is 19.6. The molecule has 1 aromatic carbocycles. The van der Waals surface area contributed by atoms with E-state index in [1.165, 1.54) is 33.1 Å². The van der Waals surface area contributed by atoms with Crippen molar-refractivity contribution in [3.05, 3.63) is 62.5 Å². The Balaban J connectivity index is 2.47. The molecule has 0 aliphatic rings. The Hall–Kier alpha value is -1.44. The van der Waals surface area contributed by atoms with Crippen LogP contribution in [0.25, 0.3) is 0 Å². The van der Waals surface area contributed by atoms with E-state index in [0.29, 0.717) is 21.0 Å². The van der Waals surface area contributed by atoms with Gasteiger partial charge in [-0.15, -0.1) is 0 Å². The van der Waals surface area contributed by atoms with E-state index >= 15 is 0 Å². The van der Waals surface area contributed by atoms with Crippen molar-refractivity contribution in [2.75, 3.05) is 6.54 Å². The van der Waals surface area contributed by atoms with Crippen LogP contribution in [0.4, 0.5) is 13.2 Å². The monoisotopic (exact) mass is 404 g/mol. The standard InChI is InChI=1S/C18H20ClF3N2OS/c1-5-24(26-15-10-23(4)17(25)12(3)11(15)2)16(18(20,21)22)13-6-8-14(19)9-7-13/h6-10,16H,5H2,1-4H3. The molecule has 0 radical (unpaired) electrons. The minimum absolute atomic E-state index is 0.121. The van der Waals surface area contributed by atoms with Crippen molar-refractivity contribution in [1.29, 1.82) is 0 Å². The molecule has 0 saturated carbocycles. The summed E-state index contributed by atoms with van der Waals surface area (Å²) in [5.41, 5.74) is 1.19. The molecule has 0 aliphatic heterocycles. The van der Waals surface area contributed by atoms with E-state index in [2.05, 4.69) is 0 Å². The lowest BCUT2D eigenvalue weighted by molar-refractivity contribution is -0.172. The van der Waals surface area contributed by atoms with Crippen LogP contribution in [0.15, 0.2) is 40.2 Å². The highest BCUT2D eigenvalue weighted by Gasteiger charge is 2.45. The number of aryl methyl sites for hydroxylation is 1. The predicted molar refractivity (Wildman–Crippen MR) is 99.6 cm³/mol. The van der Waals surface area contributed by atoms with Gasteiger partial charge < -0.3 is 4.57 Å². The summed E-state index contributed by atoms with van der Waals surface area (Å²) in [7, 11) is 1.59. The summed E-state index contributed by atoms with van der Waals surface area (Å²) >= 11 is 6.82. The fourth-order valence-electron chi connectivity index (χ4n) is 2.62. The molecule has 26 heavy (non-hydrogen) atoms. The van der Waals surface area contributed by atoms with Crippen molar-refractivity contribution < 1.29 is 13.2 Å². The normalized spacial score (nSPS) is 13.3. The summed E-state index contributed by atoms with van der Waals surface area (Å²) < 4.78 is 44.1. The maximum Gasteiger partial charge on any atom is 0.408 e. The van der Waals surface area contributed by atoms with Gasteiger partial charge in [-0.1, -0.05) is 30.7 Å². The Morgan fingerprint density at radius 2 is 1.77 bits per heavy atom. The van der Waals surface area contributed by atoms with Gasteiger partial charge in [0, 0.05) is 35.3 Å². The first-order valence-electron chi connectivity index (χ1n) is 7.99. The van der Waals surface area contributed by atoms with Gasteiger partial charge in [0.15, 0.2) is 0 Å². The van der Waals surface area contributed by atoms with Gasteiger partial charge >= 0.3 is 6.18 Å². The predicted octanol–water partition coefficient (Wildman–Crippen LogP) is 5.29. The Morgan fingerprint density at radius 1 is 1.19 bits per heavy atom. The number of benzene rings is 1. The van der Waals surface area contributed by atoms with Crippen molar-refractivity contribution in [3.63, 3.8) is 0 Å². The van der Waals surface area contributed by atoms with E-state index in [1.54, 1.807) is 34.0 Å². The highest BCUT2D eigenvalue weighted by atomic mass is 35.5. The zero-order valence-electron chi connectivity index (χ0n) is 14.9. The number of alkyl halides is 3. The molecule has 0 spiro atoms. The van der Waals surface area contributed by atoms with Crippen LogP contribution in [-0.2, 0) is 7.05 Å². The van der Waals surface area contributed by atoms with Gasteiger partial charge in [-0.05, 0) is 49.1 Å². The molecule has 0 N–H and O–H groups in total. The molecule has 8 heteroatoms. The fourth-order valence-corrected chi connectivity index (χ4v) is 3.97. The summed E-state index contributed by atoms with van der Waals surface area (Å²) in [4.78, 5) is 12.6. The van der Waals surface area contributed by atoms with Gasteiger partial charge in [-0.2, -0.15) is 13.2 Å². The fraction of sp³-hybridized carbons (Fsp3) is 0.389. The van der Waals surface area contributed by atoms with Crippen LogP contribution in [0.3, 0.4) is 0 Å². The second kappa shape index (κ2) is 8.06. The molecule has 0 aliphatic carbocycles. The molecule has 0 bridgehead atoms. The number of halogens is 4. The topological polar surface area (TPSA) is 25.2 Å². The average molecular weight is 405 g/mol. The van der Waals surface area contributed by atoms with Crippen LogP contribution in [-0.4, -0.2) is 21.6 Å². The second-order valence-corrected chi connectivity index (χ2v) is 7.51. The van der Waals surface area contributed by atoms with E-state index in [9.17, 15) is 18.0 Å². The van der Waals surface area contributed by atoms with E-state index in [4.69, 9.17) is 11.6 Å². The average Bonchev–Trinajstić information content (AvgIpc) is 2.57. The van der Waals surface area contributed by atoms with Crippen LogP contribution in [0, 0.1) is 13.8 Å². The van der Waals surface area contributed by atoms with Gasteiger partial charge in [0.1, 0.15) is 6.04 Å². The number of pyridine rings is 1. The molecule has 2 aromatic rings. The molecule has 0 amide bonds. The Kier molecular flexibility index (Phi) is 6.47. The lowest BCUT2D eigenvalue weighted by Gasteiger charge is -2.32. The highest BCUT2D eigenvalue weighted by molar-refractivity contribution is 7.97. The molecule has 0 fully saturated rings. The number of nitrogens with zero attached hydrogens (tertiary/aromatic N) is 2. The maximum atomic E-state index is 13.8. The van der Waals surface area contributed by atoms with E-state index < -0.39 is 12.2 Å². The minimum atomic E-state index is -4.46. The first-order chi connectivity index (χ1) is 12.1. The molecule has 1 atom stereocenters. The third-order valence-corrected chi connectivity index (χ3v) is 5.76. The van der Waals surface area contributed by atoms with Crippen LogP contribution >= 0.6 is 23.5 Å². The quantitative estimate of drug-likeness (QED) is 0.633. The summed E-state index contributed by atoms with van der Waals surface area (Å²) in [6, 6.07) is 3.91. The van der Waals surface area contributed by atoms with E-state index in [1.807, 2.05) is 0 Å². The minimum Gasteiger partial charge on any atom is -0.317 e.